The van der Waals surface area contributed by atoms with Gasteiger partial charge in [0.25, 0.3) is 0 Å². The van der Waals surface area contributed by atoms with E-state index >= 15 is 0 Å². The van der Waals surface area contributed by atoms with Crippen molar-refractivity contribution in [3.63, 3.8) is 0 Å². The summed E-state index contributed by atoms with van der Waals surface area (Å²) in [4.78, 5) is 0. The van der Waals surface area contributed by atoms with Gasteiger partial charge in [0.2, 0.25) is 0 Å². The van der Waals surface area contributed by atoms with Gasteiger partial charge in [-0.1, -0.05) is 30.3 Å². The van der Waals surface area contributed by atoms with Gasteiger partial charge in [0.05, 0.1) is 0 Å². The maximum atomic E-state index is 11.8. The minimum absolute atomic E-state index is 0.628. The van der Waals surface area contributed by atoms with Gasteiger partial charge in [0.1, 0.15) is 0 Å². The molecule has 0 aliphatic rings. The lowest BCUT2D eigenvalue weighted by Crippen LogP contribution is -2.18. The van der Waals surface area contributed by atoms with Crippen LogP contribution >= 0.6 is 0 Å². The molecule has 0 amide bonds. The van der Waals surface area contributed by atoms with Crippen molar-refractivity contribution in [1.29, 1.82) is 4.78 Å². The maximum Gasteiger partial charge on any atom is 0.413 e. The molecule has 7 heteroatoms. The highest BCUT2D eigenvalue weighted by molar-refractivity contribution is 7.90. The van der Waals surface area contributed by atoms with Crippen molar-refractivity contribution < 1.29 is 21.6 Å². The first-order valence-electron chi connectivity index (χ1n) is 4.52. The van der Waals surface area contributed by atoms with Crippen LogP contribution in [0.5, 0.6) is 0 Å². The second kappa shape index (κ2) is 5.33. The van der Waals surface area contributed by atoms with Gasteiger partial charge in [0.15, 0.2) is 16.6 Å². The van der Waals surface area contributed by atoms with Crippen LogP contribution in [-0.2, 0) is 14.2 Å². The predicted octanol–water partition coefficient (Wildman–Crippen LogP) is 3.20. The number of rotatable bonds is 4. The molecule has 1 rings (SSSR count). The van der Waals surface area contributed by atoms with Crippen molar-refractivity contribution in [3.8, 4) is 0 Å². The van der Waals surface area contributed by atoms with Crippen molar-refractivity contribution >= 4 is 16.1 Å². The Labute approximate surface area is 97.1 Å². The van der Waals surface area contributed by atoms with Gasteiger partial charge >= 0.3 is 6.18 Å². The molecule has 0 aromatic heterocycles. The molecule has 0 bridgehead atoms. The Morgan fingerprint density at radius 2 is 1.88 bits per heavy atom. The summed E-state index contributed by atoms with van der Waals surface area (Å²) in [5.41, 5.74) is 0.628. The highest BCUT2D eigenvalue weighted by Crippen LogP contribution is 2.16. The lowest BCUT2D eigenvalue weighted by atomic mass is 10.2. The van der Waals surface area contributed by atoms with Crippen LogP contribution in [0.3, 0.4) is 0 Å². The Bertz CT molecular complexity index is 480. The zero-order valence-corrected chi connectivity index (χ0v) is 9.42. The van der Waals surface area contributed by atoms with E-state index in [4.69, 9.17) is 4.78 Å². The van der Waals surface area contributed by atoms with Gasteiger partial charge in [-0.2, -0.15) is 13.2 Å². The number of nitrogens with one attached hydrogen (secondary N) is 1. The lowest BCUT2D eigenvalue weighted by molar-refractivity contribution is -0.151. The molecule has 1 N–H and O–H groups in total. The molecule has 0 radical (unpaired) electrons. The van der Waals surface area contributed by atoms with Crippen LogP contribution in [0.15, 0.2) is 35.7 Å². The molecule has 94 valence electrons. The molecule has 17 heavy (non-hydrogen) atoms. The molecular formula is C10H10F3NO2S. The fourth-order valence-electron chi connectivity index (χ4n) is 0.926. The van der Waals surface area contributed by atoms with Crippen molar-refractivity contribution in [2.45, 2.75) is 6.18 Å². The molecule has 1 aromatic rings. The van der Waals surface area contributed by atoms with E-state index in [9.17, 15) is 17.4 Å². The van der Waals surface area contributed by atoms with E-state index in [1.165, 1.54) is 6.08 Å². The van der Waals surface area contributed by atoms with E-state index in [-0.39, 0.29) is 0 Å². The van der Waals surface area contributed by atoms with Gasteiger partial charge in [-0.05, 0) is 11.6 Å². The van der Waals surface area contributed by atoms with Crippen molar-refractivity contribution in [2.24, 2.45) is 0 Å². The van der Waals surface area contributed by atoms with E-state index in [1.807, 2.05) is 0 Å². The maximum absolute atomic E-state index is 11.8. The van der Waals surface area contributed by atoms with Gasteiger partial charge in [-0.15, -0.1) is 0 Å². The highest BCUT2D eigenvalue weighted by Gasteiger charge is 2.29. The monoisotopic (exact) mass is 265 g/mol. The Balaban J connectivity index is 2.65. The van der Waals surface area contributed by atoms with E-state index in [2.05, 4.69) is 4.18 Å². The minimum atomic E-state index is -4.59. The summed E-state index contributed by atoms with van der Waals surface area (Å²) in [6.07, 6.45) is -3.31. The van der Waals surface area contributed by atoms with E-state index < -0.39 is 22.8 Å². The topological polar surface area (TPSA) is 50.2 Å². The molecule has 1 aromatic carbocycles. The zero-order valence-electron chi connectivity index (χ0n) is 8.61. The fourth-order valence-corrected chi connectivity index (χ4v) is 1.65. The molecule has 0 spiro atoms. The molecule has 3 nitrogen and oxygen atoms in total. The number of alkyl halides is 3. The second-order valence-corrected chi connectivity index (χ2v) is 4.73. The molecule has 0 heterocycles. The molecule has 0 aliphatic carbocycles. The summed E-state index contributed by atoms with van der Waals surface area (Å²) in [5, 5.41) is 0.814. The number of hydrogen-bond acceptors (Lipinski definition) is 3. The number of benzene rings is 1. The predicted molar refractivity (Wildman–Crippen MR) is 58.3 cm³/mol. The lowest BCUT2D eigenvalue weighted by Gasteiger charge is -2.07. The first-order valence-corrected chi connectivity index (χ1v) is 6.06. The Kier molecular flexibility index (Phi) is 4.30. The molecular weight excluding hydrogens is 255 g/mol. The average molecular weight is 265 g/mol. The quantitative estimate of drug-likeness (QED) is 0.908. The van der Waals surface area contributed by atoms with Crippen molar-refractivity contribution in [2.75, 3.05) is 6.61 Å². The third kappa shape index (κ3) is 6.08. The van der Waals surface area contributed by atoms with Crippen LogP contribution in [0.1, 0.15) is 5.56 Å². The van der Waals surface area contributed by atoms with Crippen LogP contribution in [0, 0.1) is 4.78 Å². The molecule has 1 unspecified atom stereocenters. The Morgan fingerprint density at radius 3 is 2.41 bits per heavy atom. The first kappa shape index (κ1) is 13.7. The zero-order chi connectivity index (χ0) is 12.9. The Morgan fingerprint density at radius 1 is 1.29 bits per heavy atom. The van der Waals surface area contributed by atoms with Crippen LogP contribution in [0.2, 0.25) is 0 Å². The summed E-state index contributed by atoms with van der Waals surface area (Å²) >= 11 is 0. The van der Waals surface area contributed by atoms with Gasteiger partial charge in [-0.3, -0.25) is 4.18 Å². The van der Waals surface area contributed by atoms with Crippen molar-refractivity contribution in [3.05, 3.63) is 41.3 Å². The van der Waals surface area contributed by atoms with E-state index in [1.54, 1.807) is 30.3 Å². The third-order valence-electron chi connectivity index (χ3n) is 1.64. The van der Waals surface area contributed by atoms with Crippen LogP contribution in [0.4, 0.5) is 13.2 Å². The fraction of sp³-hybridized carbons (Fsp3) is 0.200. The van der Waals surface area contributed by atoms with Crippen molar-refractivity contribution in [1.82, 2.24) is 0 Å². The van der Waals surface area contributed by atoms with Gasteiger partial charge in [0, 0.05) is 5.41 Å². The van der Waals surface area contributed by atoms with Gasteiger partial charge in [-0.25, -0.2) is 8.99 Å². The average Bonchev–Trinajstić information content (AvgIpc) is 2.25. The van der Waals surface area contributed by atoms with Crippen LogP contribution in [-0.4, -0.2) is 17.0 Å². The summed E-state index contributed by atoms with van der Waals surface area (Å²) in [5.74, 6) is 0. The van der Waals surface area contributed by atoms with E-state index in [0.29, 0.717) is 5.56 Å². The summed E-state index contributed by atoms with van der Waals surface area (Å²) in [6, 6.07) is 8.51. The standard InChI is InChI=1S/C10H10F3NO2S/c11-10(12,13)8-16-17(14,15)7-6-9-4-2-1-3-5-9/h1-7,14H,8H2/b7-6+. The SMILES string of the molecule is N=S(=O)(/C=C/c1ccccc1)OCC(F)(F)F. The van der Waals surface area contributed by atoms with Crippen LogP contribution in [0.25, 0.3) is 6.08 Å². The summed E-state index contributed by atoms with van der Waals surface area (Å²) < 4.78 is 57.7. The minimum Gasteiger partial charge on any atom is -0.272 e. The molecule has 0 saturated heterocycles. The third-order valence-corrected chi connectivity index (χ3v) is 2.60. The number of halogens is 3. The molecule has 0 saturated carbocycles. The first-order chi connectivity index (χ1) is 7.79. The normalized spacial score (nSPS) is 15.9. The smallest absolute Gasteiger partial charge is 0.272 e. The summed E-state index contributed by atoms with van der Waals surface area (Å²) in [6.45, 7) is -1.70. The largest absolute Gasteiger partial charge is 0.413 e. The van der Waals surface area contributed by atoms with Gasteiger partial charge < -0.3 is 0 Å². The molecule has 0 fully saturated rings. The molecule has 1 atom stereocenters. The second-order valence-electron chi connectivity index (χ2n) is 3.14. The highest BCUT2D eigenvalue weighted by atomic mass is 32.2. The van der Waals surface area contributed by atoms with Crippen LogP contribution < -0.4 is 0 Å². The molecule has 0 aliphatic heterocycles. The van der Waals surface area contributed by atoms with E-state index in [0.717, 1.165) is 5.41 Å². The summed E-state index contributed by atoms with van der Waals surface area (Å²) in [7, 11) is -3.81. The Hall–Kier alpha value is -1.34. The number of hydrogen-bond donors (Lipinski definition) is 1.